The molecule has 2 aliphatic rings. The highest BCUT2D eigenvalue weighted by molar-refractivity contribution is 5.16. The maximum Gasteiger partial charge on any atom is 0.266 e. The molecule has 2 aromatic rings. The molecule has 1 atom stereocenters. The molecule has 4 heterocycles. The average Bonchev–Trinajstić information content (AvgIpc) is 3.32. The van der Waals surface area contributed by atoms with Crippen LogP contribution < -0.4 is 5.56 Å². The Morgan fingerprint density at radius 2 is 2.04 bits per heavy atom. The van der Waals surface area contributed by atoms with Crippen LogP contribution in [0, 0.1) is 5.92 Å². The number of nitrogens with zero attached hydrogens (tertiary/aromatic N) is 6. The fourth-order valence-electron chi connectivity index (χ4n) is 3.69. The van der Waals surface area contributed by atoms with Gasteiger partial charge in [0.25, 0.3) is 5.56 Å². The van der Waals surface area contributed by atoms with Crippen LogP contribution in [-0.2, 0) is 11.3 Å². The van der Waals surface area contributed by atoms with Crippen LogP contribution in [0.15, 0.2) is 29.6 Å². The van der Waals surface area contributed by atoms with Crippen molar-refractivity contribution < 1.29 is 4.74 Å². The summed E-state index contributed by atoms with van der Waals surface area (Å²) in [6.07, 6.45) is 8.02. The Labute approximate surface area is 146 Å². The van der Waals surface area contributed by atoms with Gasteiger partial charge in [-0.1, -0.05) is 0 Å². The van der Waals surface area contributed by atoms with Gasteiger partial charge in [-0.15, -0.1) is 5.10 Å². The zero-order valence-corrected chi connectivity index (χ0v) is 14.3. The number of aromatic nitrogens is 5. The average molecular weight is 344 g/mol. The fraction of sp³-hybridized carbons (Fsp3) is 0.647. The third-order valence-electron chi connectivity index (χ3n) is 5.13. The summed E-state index contributed by atoms with van der Waals surface area (Å²) in [7, 11) is 0. The highest BCUT2D eigenvalue weighted by atomic mass is 16.5. The molecular weight excluding hydrogens is 320 g/mol. The lowest BCUT2D eigenvalue weighted by atomic mass is 9.96. The molecule has 1 unspecified atom stereocenters. The van der Waals surface area contributed by atoms with Gasteiger partial charge in [0, 0.05) is 25.8 Å². The molecule has 0 amide bonds. The van der Waals surface area contributed by atoms with Crippen LogP contribution in [0.4, 0.5) is 0 Å². The van der Waals surface area contributed by atoms with Gasteiger partial charge in [0.1, 0.15) is 12.7 Å². The maximum atomic E-state index is 12.1. The third-order valence-corrected chi connectivity index (χ3v) is 5.13. The van der Waals surface area contributed by atoms with E-state index in [-0.39, 0.29) is 5.56 Å². The molecule has 2 saturated heterocycles. The molecular formula is C17H24N6O2. The Morgan fingerprint density at radius 3 is 2.76 bits per heavy atom. The van der Waals surface area contributed by atoms with E-state index in [0.717, 1.165) is 39.1 Å². The van der Waals surface area contributed by atoms with Crippen molar-refractivity contribution in [2.75, 3.05) is 26.2 Å². The lowest BCUT2D eigenvalue weighted by Gasteiger charge is -2.33. The zero-order chi connectivity index (χ0) is 17.1. The van der Waals surface area contributed by atoms with Gasteiger partial charge in [-0.3, -0.25) is 4.79 Å². The Kier molecular flexibility index (Phi) is 4.89. The molecule has 0 saturated carbocycles. The van der Waals surface area contributed by atoms with E-state index < -0.39 is 0 Å². The number of ether oxygens (including phenoxy) is 1. The highest BCUT2D eigenvalue weighted by Crippen LogP contribution is 2.21. The predicted molar refractivity (Wildman–Crippen MR) is 91.6 cm³/mol. The summed E-state index contributed by atoms with van der Waals surface area (Å²) in [4.78, 5) is 18.6. The van der Waals surface area contributed by atoms with Crippen LogP contribution in [0.3, 0.4) is 0 Å². The Bertz CT molecular complexity index is 730. The summed E-state index contributed by atoms with van der Waals surface area (Å²) in [5.41, 5.74) is -0.0642. The predicted octanol–water partition coefficient (Wildman–Crippen LogP) is 0.715. The Hall–Kier alpha value is -2.06. The van der Waals surface area contributed by atoms with Gasteiger partial charge in [-0.2, -0.15) is 5.10 Å². The monoisotopic (exact) mass is 344 g/mol. The van der Waals surface area contributed by atoms with E-state index in [1.165, 1.54) is 19.2 Å². The molecule has 0 aliphatic carbocycles. The van der Waals surface area contributed by atoms with Gasteiger partial charge in [0.05, 0.1) is 6.10 Å². The molecule has 2 aromatic heterocycles. The van der Waals surface area contributed by atoms with Crippen LogP contribution in [0.1, 0.15) is 25.7 Å². The Balaban J connectivity index is 1.35. The van der Waals surface area contributed by atoms with E-state index in [0.29, 0.717) is 24.4 Å². The molecule has 0 radical (unpaired) electrons. The van der Waals surface area contributed by atoms with Crippen molar-refractivity contribution in [2.24, 2.45) is 5.92 Å². The highest BCUT2D eigenvalue weighted by Gasteiger charge is 2.24. The summed E-state index contributed by atoms with van der Waals surface area (Å²) < 4.78 is 8.87. The van der Waals surface area contributed by atoms with Crippen molar-refractivity contribution in [1.82, 2.24) is 29.4 Å². The first-order valence-corrected chi connectivity index (χ1v) is 9.05. The van der Waals surface area contributed by atoms with Crippen molar-refractivity contribution in [3.05, 3.63) is 35.1 Å². The van der Waals surface area contributed by atoms with E-state index in [9.17, 15) is 4.79 Å². The summed E-state index contributed by atoms with van der Waals surface area (Å²) >= 11 is 0. The normalized spacial score (nSPS) is 22.5. The second-order valence-corrected chi connectivity index (χ2v) is 6.93. The smallest absolute Gasteiger partial charge is 0.266 e. The first kappa shape index (κ1) is 16.4. The second kappa shape index (κ2) is 7.45. The molecule has 4 rings (SSSR count). The van der Waals surface area contributed by atoms with E-state index >= 15 is 0 Å². The van der Waals surface area contributed by atoms with E-state index in [1.807, 2.05) is 0 Å². The van der Waals surface area contributed by atoms with Crippen LogP contribution in [-0.4, -0.2) is 61.8 Å². The van der Waals surface area contributed by atoms with Crippen LogP contribution >= 0.6 is 0 Å². The molecule has 2 aliphatic heterocycles. The molecule has 8 nitrogen and oxygen atoms in total. The van der Waals surface area contributed by atoms with Crippen molar-refractivity contribution in [1.29, 1.82) is 0 Å². The molecule has 0 N–H and O–H groups in total. The van der Waals surface area contributed by atoms with Crippen molar-refractivity contribution in [3.63, 3.8) is 0 Å². The minimum Gasteiger partial charge on any atom is -0.377 e. The summed E-state index contributed by atoms with van der Waals surface area (Å²) in [6.45, 7) is 4.77. The summed E-state index contributed by atoms with van der Waals surface area (Å²) in [5.74, 6) is 1.10. The molecule has 8 heteroatoms. The molecule has 2 fully saturated rings. The number of rotatable bonds is 5. The zero-order valence-electron chi connectivity index (χ0n) is 14.3. The topological polar surface area (TPSA) is 78.1 Å². The van der Waals surface area contributed by atoms with Gasteiger partial charge >= 0.3 is 0 Å². The maximum absolute atomic E-state index is 12.1. The SMILES string of the molecule is O=c1ccc(-n2cncn2)nn1CC1CCN(CC2CCCO2)CC1. The van der Waals surface area contributed by atoms with Gasteiger partial charge in [-0.05, 0) is 50.8 Å². The summed E-state index contributed by atoms with van der Waals surface area (Å²) in [6, 6.07) is 3.23. The third kappa shape index (κ3) is 3.96. The van der Waals surface area contributed by atoms with Crippen molar-refractivity contribution in [2.45, 2.75) is 38.3 Å². The lowest BCUT2D eigenvalue weighted by molar-refractivity contribution is 0.0579. The molecule has 134 valence electrons. The number of hydrogen-bond acceptors (Lipinski definition) is 6. The largest absolute Gasteiger partial charge is 0.377 e. The van der Waals surface area contributed by atoms with Crippen molar-refractivity contribution >= 4 is 0 Å². The van der Waals surface area contributed by atoms with E-state index in [4.69, 9.17) is 4.74 Å². The number of piperidine rings is 1. The Morgan fingerprint density at radius 1 is 1.16 bits per heavy atom. The van der Waals surface area contributed by atoms with Crippen molar-refractivity contribution in [3.8, 4) is 5.82 Å². The van der Waals surface area contributed by atoms with Crippen LogP contribution in [0.25, 0.3) is 5.82 Å². The second-order valence-electron chi connectivity index (χ2n) is 6.93. The molecule has 25 heavy (non-hydrogen) atoms. The molecule has 0 bridgehead atoms. The van der Waals surface area contributed by atoms with Crippen LogP contribution in [0.2, 0.25) is 0 Å². The van der Waals surface area contributed by atoms with Gasteiger partial charge in [0.2, 0.25) is 0 Å². The lowest BCUT2D eigenvalue weighted by Crippen LogP contribution is -2.40. The molecule has 0 aromatic carbocycles. The number of hydrogen-bond donors (Lipinski definition) is 0. The first-order chi connectivity index (χ1) is 12.3. The first-order valence-electron chi connectivity index (χ1n) is 9.05. The standard InChI is InChI=1S/C17H24N6O2/c24-17-4-3-16(23-13-18-12-19-23)20-22(17)10-14-5-7-21(8-6-14)11-15-2-1-9-25-15/h3-4,12-15H,1-2,5-11H2. The van der Waals surface area contributed by atoms with Gasteiger partial charge < -0.3 is 9.64 Å². The van der Waals surface area contributed by atoms with E-state index in [1.54, 1.807) is 27.8 Å². The fourth-order valence-corrected chi connectivity index (χ4v) is 3.69. The van der Waals surface area contributed by atoms with Crippen LogP contribution in [0.5, 0.6) is 0 Å². The van der Waals surface area contributed by atoms with E-state index in [2.05, 4.69) is 20.1 Å². The van der Waals surface area contributed by atoms with Gasteiger partial charge in [0.15, 0.2) is 5.82 Å². The quantitative estimate of drug-likeness (QED) is 0.795. The molecule has 0 spiro atoms. The minimum absolute atomic E-state index is 0.0642. The summed E-state index contributed by atoms with van der Waals surface area (Å²) in [5, 5.41) is 8.51. The van der Waals surface area contributed by atoms with Gasteiger partial charge in [-0.25, -0.2) is 14.3 Å². The number of likely N-dealkylation sites (tertiary alicyclic amines) is 1. The minimum atomic E-state index is -0.0642.